The highest BCUT2D eigenvalue weighted by Gasteiger charge is 2.28. The molecule has 2 N–H and O–H groups in total. The molecule has 158 valence electrons. The number of aryl methyl sites for hydroxylation is 1. The number of pyridine rings is 1. The third kappa shape index (κ3) is 3.68. The van der Waals surface area contributed by atoms with Gasteiger partial charge < -0.3 is 14.8 Å². The minimum absolute atomic E-state index is 0.120. The lowest BCUT2D eigenvalue weighted by molar-refractivity contribution is 0.313. The number of para-hydroxylation sites is 1. The second-order valence-corrected chi connectivity index (χ2v) is 8.64. The van der Waals surface area contributed by atoms with Gasteiger partial charge in [-0.15, -0.1) is 0 Å². The molecule has 2 aliphatic rings. The molecule has 6 nitrogen and oxygen atoms in total. The average Bonchev–Trinajstić information content (AvgIpc) is 3.19. The number of rotatable bonds is 3. The van der Waals surface area contributed by atoms with Crippen LogP contribution in [-0.2, 0) is 0 Å². The summed E-state index contributed by atoms with van der Waals surface area (Å²) < 4.78 is 13.5. The number of likely N-dealkylation sites (N-methyl/N-ethyl adjacent to an activating group) is 1. The predicted molar refractivity (Wildman–Crippen MR) is 117 cm³/mol. The lowest BCUT2D eigenvalue weighted by Crippen LogP contribution is -2.44. The molecule has 2 fully saturated rings. The van der Waals surface area contributed by atoms with Crippen LogP contribution in [-0.4, -0.2) is 53.1 Å². The van der Waals surface area contributed by atoms with Crippen molar-refractivity contribution >= 4 is 16.7 Å². The van der Waals surface area contributed by atoms with Crippen LogP contribution in [0.3, 0.4) is 0 Å². The summed E-state index contributed by atoms with van der Waals surface area (Å²) in [5, 5.41) is 3.71. The molecule has 0 saturated carbocycles. The average molecular weight is 409 g/mol. The maximum atomic E-state index is 13.5. The topological polar surface area (TPSA) is 60.1 Å². The van der Waals surface area contributed by atoms with Gasteiger partial charge in [0.05, 0.1) is 35.2 Å². The van der Waals surface area contributed by atoms with E-state index in [-0.39, 0.29) is 17.9 Å². The Kier molecular flexibility index (Phi) is 5.16. The van der Waals surface area contributed by atoms with Crippen molar-refractivity contribution in [2.45, 2.75) is 38.3 Å². The monoisotopic (exact) mass is 408 g/mol. The highest BCUT2D eigenvalue weighted by Crippen LogP contribution is 2.34. The van der Waals surface area contributed by atoms with Crippen molar-refractivity contribution in [1.82, 2.24) is 25.2 Å². The molecule has 5 rings (SSSR count). The third-order valence-corrected chi connectivity index (χ3v) is 6.49. The highest BCUT2D eigenvalue weighted by molar-refractivity contribution is 5.89. The van der Waals surface area contributed by atoms with Crippen LogP contribution in [0.25, 0.3) is 11.0 Å². The van der Waals surface area contributed by atoms with Gasteiger partial charge in [-0.25, -0.2) is 9.37 Å². The Hall–Kier alpha value is -2.51. The molecule has 2 aromatic heterocycles. The summed E-state index contributed by atoms with van der Waals surface area (Å²) in [5.74, 6) is 0.702. The number of aromatic amines is 1. The Balaban J connectivity index is 1.41. The molecule has 2 aliphatic heterocycles. The van der Waals surface area contributed by atoms with Crippen LogP contribution in [0.4, 0.5) is 10.1 Å². The van der Waals surface area contributed by atoms with Gasteiger partial charge in [-0.05, 0) is 57.0 Å². The van der Waals surface area contributed by atoms with Crippen molar-refractivity contribution in [2.24, 2.45) is 0 Å². The Morgan fingerprint density at radius 1 is 1.10 bits per heavy atom. The molecule has 0 spiro atoms. The lowest BCUT2D eigenvalue weighted by Gasteiger charge is -2.34. The molecule has 2 saturated heterocycles. The number of hydrogen-bond donors (Lipinski definition) is 2. The van der Waals surface area contributed by atoms with Crippen LogP contribution in [0.15, 0.2) is 30.5 Å². The number of aromatic nitrogens is 3. The Bertz CT molecular complexity index is 1040. The highest BCUT2D eigenvalue weighted by atomic mass is 19.1. The van der Waals surface area contributed by atoms with Crippen molar-refractivity contribution < 1.29 is 4.39 Å². The van der Waals surface area contributed by atoms with Gasteiger partial charge in [0.15, 0.2) is 0 Å². The smallest absolute Gasteiger partial charge is 0.141 e. The number of piperazine rings is 1. The van der Waals surface area contributed by atoms with E-state index < -0.39 is 0 Å². The molecule has 0 unspecified atom stereocenters. The van der Waals surface area contributed by atoms with E-state index in [1.54, 1.807) is 6.07 Å². The van der Waals surface area contributed by atoms with Crippen molar-refractivity contribution in [2.75, 3.05) is 38.1 Å². The molecule has 0 amide bonds. The quantitative estimate of drug-likeness (QED) is 0.692. The maximum absolute atomic E-state index is 13.5. The largest absolute Gasteiger partial charge is 0.367 e. The van der Waals surface area contributed by atoms with Crippen molar-refractivity contribution in [1.29, 1.82) is 0 Å². The number of fused-ring (bicyclic) bond motifs is 1. The van der Waals surface area contributed by atoms with E-state index in [4.69, 9.17) is 4.98 Å². The summed E-state index contributed by atoms with van der Waals surface area (Å²) >= 11 is 0. The van der Waals surface area contributed by atoms with Gasteiger partial charge in [0.2, 0.25) is 0 Å². The van der Waals surface area contributed by atoms with Gasteiger partial charge in [0.1, 0.15) is 17.2 Å². The van der Waals surface area contributed by atoms with Gasteiger partial charge in [-0.2, -0.15) is 0 Å². The normalized spacial score (nSPS) is 23.2. The van der Waals surface area contributed by atoms with E-state index in [2.05, 4.69) is 50.3 Å². The second-order valence-electron chi connectivity index (χ2n) is 8.64. The molecule has 0 bridgehead atoms. The zero-order valence-electron chi connectivity index (χ0n) is 17.7. The van der Waals surface area contributed by atoms with Crippen LogP contribution in [0.2, 0.25) is 0 Å². The van der Waals surface area contributed by atoms with Gasteiger partial charge in [0, 0.05) is 26.2 Å². The fourth-order valence-electron chi connectivity index (χ4n) is 4.79. The zero-order chi connectivity index (χ0) is 20.7. The minimum atomic E-state index is -0.280. The van der Waals surface area contributed by atoms with Gasteiger partial charge in [-0.3, -0.25) is 10.3 Å². The van der Waals surface area contributed by atoms with Crippen LogP contribution in [0.1, 0.15) is 48.4 Å². The summed E-state index contributed by atoms with van der Waals surface area (Å²) in [7, 11) is 2.17. The number of anilines is 1. The number of nitrogens with zero attached hydrogens (tertiary/aromatic N) is 4. The van der Waals surface area contributed by atoms with Crippen molar-refractivity contribution in [3.05, 3.63) is 53.4 Å². The molecular weight excluding hydrogens is 379 g/mol. The Labute approximate surface area is 176 Å². The number of piperidine rings is 1. The number of halogens is 1. The first kappa shape index (κ1) is 19.5. The summed E-state index contributed by atoms with van der Waals surface area (Å²) in [6, 6.07) is 8.23. The summed E-state index contributed by atoms with van der Waals surface area (Å²) in [6.07, 6.45) is 4.43. The SMILES string of the molecule is Cc1cc(F)cnc1[C@@H]1CCC[C@H](c2nc3c(N4CCN(C)CC4)cccc3[nH]2)N1. The molecule has 3 aromatic rings. The van der Waals surface area contributed by atoms with Gasteiger partial charge >= 0.3 is 0 Å². The van der Waals surface area contributed by atoms with E-state index in [9.17, 15) is 4.39 Å². The van der Waals surface area contributed by atoms with Crippen LogP contribution >= 0.6 is 0 Å². The molecule has 0 radical (unpaired) electrons. The van der Waals surface area contributed by atoms with E-state index in [0.717, 1.165) is 73.6 Å². The molecular formula is C23H29FN6. The molecule has 4 heterocycles. The number of H-pyrrole nitrogens is 1. The molecule has 7 heteroatoms. The summed E-state index contributed by atoms with van der Waals surface area (Å²) in [6.45, 7) is 6.13. The van der Waals surface area contributed by atoms with E-state index in [0.29, 0.717) is 0 Å². The van der Waals surface area contributed by atoms with Crippen LogP contribution < -0.4 is 10.2 Å². The standard InChI is InChI=1S/C23H29FN6/c1-15-13-16(24)14-25-21(15)17-5-3-7-19(26-17)23-27-18-6-4-8-20(22(18)28-23)30-11-9-29(2)10-12-30/h4,6,8,13-14,17,19,26H,3,5,7,9-12H2,1-2H3,(H,27,28)/t17-,19+/m0/s1. The molecule has 2 atom stereocenters. The minimum Gasteiger partial charge on any atom is -0.367 e. The Morgan fingerprint density at radius 3 is 2.70 bits per heavy atom. The third-order valence-electron chi connectivity index (χ3n) is 6.49. The fourth-order valence-corrected chi connectivity index (χ4v) is 4.79. The number of imidazole rings is 1. The zero-order valence-corrected chi connectivity index (χ0v) is 17.7. The molecule has 30 heavy (non-hydrogen) atoms. The van der Waals surface area contributed by atoms with E-state index in [1.165, 1.54) is 11.9 Å². The van der Waals surface area contributed by atoms with Gasteiger partial charge in [0.25, 0.3) is 0 Å². The first-order valence-corrected chi connectivity index (χ1v) is 10.9. The summed E-state index contributed by atoms with van der Waals surface area (Å²) in [4.78, 5) is 17.8. The number of nitrogens with one attached hydrogen (secondary N) is 2. The molecule has 0 aliphatic carbocycles. The van der Waals surface area contributed by atoms with Crippen LogP contribution in [0.5, 0.6) is 0 Å². The predicted octanol–water partition coefficient (Wildman–Crippen LogP) is 3.71. The van der Waals surface area contributed by atoms with E-state index >= 15 is 0 Å². The second kappa shape index (κ2) is 7.96. The van der Waals surface area contributed by atoms with Crippen molar-refractivity contribution in [3.8, 4) is 0 Å². The lowest BCUT2D eigenvalue weighted by atomic mass is 9.94. The Morgan fingerprint density at radius 2 is 1.90 bits per heavy atom. The number of hydrogen-bond acceptors (Lipinski definition) is 5. The maximum Gasteiger partial charge on any atom is 0.141 e. The number of benzene rings is 1. The fraction of sp³-hybridized carbons (Fsp3) is 0.478. The van der Waals surface area contributed by atoms with E-state index in [1.807, 2.05) is 6.92 Å². The molecule has 1 aromatic carbocycles. The summed E-state index contributed by atoms with van der Waals surface area (Å²) in [5.41, 5.74) is 5.19. The first-order valence-electron chi connectivity index (χ1n) is 10.9. The van der Waals surface area contributed by atoms with Crippen LogP contribution in [0, 0.1) is 12.7 Å². The van der Waals surface area contributed by atoms with Crippen molar-refractivity contribution in [3.63, 3.8) is 0 Å². The first-order chi connectivity index (χ1) is 14.6. The van der Waals surface area contributed by atoms with Gasteiger partial charge in [-0.1, -0.05) is 6.07 Å².